The van der Waals surface area contributed by atoms with E-state index in [-0.39, 0.29) is 11.8 Å². The summed E-state index contributed by atoms with van der Waals surface area (Å²) >= 11 is 5.13. The van der Waals surface area contributed by atoms with Crippen molar-refractivity contribution in [2.24, 2.45) is 11.8 Å². The van der Waals surface area contributed by atoms with Crippen LogP contribution in [-0.4, -0.2) is 30.8 Å². The summed E-state index contributed by atoms with van der Waals surface area (Å²) in [7, 11) is 0. The highest BCUT2D eigenvalue weighted by Gasteiger charge is 2.29. The standard InChI is InChI=1S/C13H18BrNO3S/c14-12-10(3-6-19-12)7-15-8-11(13(16)17)9-1-4-18-5-2-9/h3,6,9,11,15H,1-2,4-5,7-8H2,(H,16,17). The van der Waals surface area contributed by atoms with E-state index in [0.717, 1.165) is 16.6 Å². The molecule has 1 saturated heterocycles. The average molecular weight is 348 g/mol. The van der Waals surface area contributed by atoms with Crippen LogP contribution < -0.4 is 5.32 Å². The van der Waals surface area contributed by atoms with Crippen LogP contribution in [0.2, 0.25) is 0 Å². The molecule has 0 radical (unpaired) electrons. The molecule has 0 aliphatic carbocycles. The summed E-state index contributed by atoms with van der Waals surface area (Å²) in [5.74, 6) is -0.797. The minimum absolute atomic E-state index is 0.227. The van der Waals surface area contributed by atoms with Gasteiger partial charge in [-0.1, -0.05) is 0 Å². The van der Waals surface area contributed by atoms with E-state index in [1.54, 1.807) is 11.3 Å². The van der Waals surface area contributed by atoms with Crippen LogP contribution in [0.5, 0.6) is 0 Å². The Kier molecular flexibility index (Phi) is 5.81. The molecule has 1 aliphatic rings. The van der Waals surface area contributed by atoms with Crippen molar-refractivity contribution in [3.8, 4) is 0 Å². The van der Waals surface area contributed by atoms with Crippen LogP contribution in [0, 0.1) is 11.8 Å². The summed E-state index contributed by atoms with van der Waals surface area (Å²) in [4.78, 5) is 11.4. The van der Waals surface area contributed by atoms with Gasteiger partial charge in [0.1, 0.15) is 0 Å². The second kappa shape index (κ2) is 7.38. The van der Waals surface area contributed by atoms with Gasteiger partial charge in [-0.2, -0.15) is 0 Å². The lowest BCUT2D eigenvalue weighted by atomic mass is 9.86. The third kappa shape index (κ3) is 4.27. The molecule has 4 nitrogen and oxygen atoms in total. The predicted molar refractivity (Wildman–Crippen MR) is 78.4 cm³/mol. The molecule has 1 aliphatic heterocycles. The van der Waals surface area contributed by atoms with Gasteiger partial charge in [-0.25, -0.2) is 0 Å². The van der Waals surface area contributed by atoms with Crippen molar-refractivity contribution in [3.63, 3.8) is 0 Å². The van der Waals surface area contributed by atoms with Gasteiger partial charge < -0.3 is 15.2 Å². The molecule has 0 aromatic carbocycles. The minimum Gasteiger partial charge on any atom is -0.481 e. The zero-order valence-corrected chi connectivity index (χ0v) is 13.0. The first-order valence-corrected chi connectivity index (χ1v) is 8.09. The fourth-order valence-corrected chi connectivity index (χ4v) is 3.62. The molecule has 2 rings (SSSR count). The van der Waals surface area contributed by atoms with Gasteiger partial charge in [0.15, 0.2) is 0 Å². The molecule has 1 atom stereocenters. The van der Waals surface area contributed by atoms with E-state index < -0.39 is 5.97 Å². The molecule has 0 amide bonds. The van der Waals surface area contributed by atoms with Crippen molar-refractivity contribution in [2.75, 3.05) is 19.8 Å². The average Bonchev–Trinajstić information content (AvgIpc) is 2.81. The Morgan fingerprint density at radius 3 is 2.89 bits per heavy atom. The number of halogens is 1. The Balaban J connectivity index is 1.83. The molecule has 0 saturated carbocycles. The van der Waals surface area contributed by atoms with Crippen molar-refractivity contribution >= 4 is 33.2 Å². The molecule has 19 heavy (non-hydrogen) atoms. The minimum atomic E-state index is -0.705. The first-order chi connectivity index (χ1) is 9.18. The second-order valence-corrected chi connectivity index (χ2v) is 6.98. The van der Waals surface area contributed by atoms with Crippen molar-refractivity contribution in [1.82, 2.24) is 5.32 Å². The van der Waals surface area contributed by atoms with Gasteiger partial charge in [-0.15, -0.1) is 11.3 Å². The van der Waals surface area contributed by atoms with Crippen LogP contribution >= 0.6 is 27.3 Å². The van der Waals surface area contributed by atoms with E-state index in [2.05, 4.69) is 21.2 Å². The van der Waals surface area contributed by atoms with Crippen molar-refractivity contribution in [3.05, 3.63) is 20.8 Å². The summed E-state index contributed by atoms with van der Waals surface area (Å²) < 4.78 is 6.40. The van der Waals surface area contributed by atoms with Crippen molar-refractivity contribution in [2.45, 2.75) is 19.4 Å². The number of carbonyl (C=O) groups is 1. The third-order valence-corrected chi connectivity index (χ3v) is 5.34. The quantitative estimate of drug-likeness (QED) is 0.830. The summed E-state index contributed by atoms with van der Waals surface area (Å²) in [5.41, 5.74) is 1.18. The lowest BCUT2D eigenvalue weighted by Gasteiger charge is -2.27. The van der Waals surface area contributed by atoms with Gasteiger partial charge in [0.05, 0.1) is 9.70 Å². The van der Waals surface area contributed by atoms with Crippen LogP contribution in [0.15, 0.2) is 15.2 Å². The topological polar surface area (TPSA) is 58.6 Å². The van der Waals surface area contributed by atoms with Crippen LogP contribution in [0.1, 0.15) is 18.4 Å². The van der Waals surface area contributed by atoms with Gasteiger partial charge in [0, 0.05) is 26.3 Å². The van der Waals surface area contributed by atoms with E-state index in [1.165, 1.54) is 5.56 Å². The van der Waals surface area contributed by atoms with E-state index in [9.17, 15) is 9.90 Å². The Morgan fingerprint density at radius 1 is 1.58 bits per heavy atom. The maximum Gasteiger partial charge on any atom is 0.308 e. The maximum atomic E-state index is 11.4. The van der Waals surface area contributed by atoms with E-state index in [0.29, 0.717) is 26.3 Å². The molecular formula is C13H18BrNO3S. The first kappa shape index (κ1) is 15.0. The van der Waals surface area contributed by atoms with Crippen molar-refractivity contribution < 1.29 is 14.6 Å². The second-order valence-electron chi connectivity index (χ2n) is 4.74. The normalized spacial score (nSPS) is 18.4. The molecule has 6 heteroatoms. The van der Waals surface area contributed by atoms with E-state index >= 15 is 0 Å². The number of thiophene rings is 1. The Labute approximate surface area is 125 Å². The fourth-order valence-electron chi connectivity index (χ4n) is 2.38. The number of hydrogen-bond donors (Lipinski definition) is 2. The maximum absolute atomic E-state index is 11.4. The first-order valence-electron chi connectivity index (χ1n) is 6.41. The Bertz CT molecular complexity index is 418. The molecule has 1 unspecified atom stereocenters. The lowest BCUT2D eigenvalue weighted by Crippen LogP contribution is -2.36. The number of ether oxygens (including phenoxy) is 1. The monoisotopic (exact) mass is 347 g/mol. The molecule has 2 heterocycles. The fraction of sp³-hybridized carbons (Fsp3) is 0.615. The van der Waals surface area contributed by atoms with Gasteiger partial charge in [0.25, 0.3) is 0 Å². The SMILES string of the molecule is O=C(O)C(CNCc1ccsc1Br)C1CCOCC1. The number of rotatable bonds is 6. The molecule has 1 aromatic rings. The molecular weight excluding hydrogens is 330 g/mol. The molecule has 1 fully saturated rings. The highest BCUT2D eigenvalue weighted by molar-refractivity contribution is 9.11. The highest BCUT2D eigenvalue weighted by atomic mass is 79.9. The number of nitrogens with one attached hydrogen (secondary N) is 1. The zero-order chi connectivity index (χ0) is 13.7. The largest absolute Gasteiger partial charge is 0.481 e. The number of carboxylic acid groups (broad SMARTS) is 1. The summed E-state index contributed by atoms with van der Waals surface area (Å²) in [5, 5.41) is 14.6. The highest BCUT2D eigenvalue weighted by Crippen LogP contribution is 2.25. The van der Waals surface area contributed by atoms with Crippen LogP contribution in [0.25, 0.3) is 0 Å². The van der Waals surface area contributed by atoms with Crippen LogP contribution in [0.3, 0.4) is 0 Å². The van der Waals surface area contributed by atoms with Gasteiger partial charge in [0.2, 0.25) is 0 Å². The third-order valence-electron chi connectivity index (χ3n) is 3.53. The molecule has 2 N–H and O–H groups in total. The lowest BCUT2D eigenvalue weighted by molar-refractivity contribution is -0.144. The summed E-state index contributed by atoms with van der Waals surface area (Å²) in [6, 6.07) is 2.05. The van der Waals surface area contributed by atoms with Crippen molar-refractivity contribution in [1.29, 1.82) is 0 Å². The van der Waals surface area contributed by atoms with Gasteiger partial charge >= 0.3 is 5.97 Å². The van der Waals surface area contributed by atoms with E-state index in [4.69, 9.17) is 4.74 Å². The summed E-state index contributed by atoms with van der Waals surface area (Å²) in [6.45, 7) is 2.59. The van der Waals surface area contributed by atoms with E-state index in [1.807, 2.05) is 11.4 Å². The number of aliphatic carboxylic acids is 1. The predicted octanol–water partition coefficient (Wildman–Crippen LogP) is 2.73. The van der Waals surface area contributed by atoms with Gasteiger partial charge in [-0.3, -0.25) is 4.79 Å². The number of hydrogen-bond acceptors (Lipinski definition) is 4. The Morgan fingerprint density at radius 2 is 2.32 bits per heavy atom. The molecule has 0 spiro atoms. The Hall–Kier alpha value is -0.430. The van der Waals surface area contributed by atoms with Crippen LogP contribution in [0.4, 0.5) is 0 Å². The van der Waals surface area contributed by atoms with Gasteiger partial charge in [-0.05, 0) is 51.7 Å². The smallest absolute Gasteiger partial charge is 0.308 e. The molecule has 0 bridgehead atoms. The summed E-state index contributed by atoms with van der Waals surface area (Å²) in [6.07, 6.45) is 1.70. The molecule has 1 aromatic heterocycles. The van der Waals surface area contributed by atoms with Crippen LogP contribution in [-0.2, 0) is 16.1 Å². The molecule has 106 valence electrons. The zero-order valence-electron chi connectivity index (χ0n) is 10.6. The number of carboxylic acids is 1.